The highest BCUT2D eigenvalue weighted by Gasteiger charge is 2.38. The van der Waals surface area contributed by atoms with E-state index in [4.69, 9.17) is 0 Å². The molecule has 0 radical (unpaired) electrons. The van der Waals surface area contributed by atoms with Gasteiger partial charge in [-0.2, -0.15) is 0 Å². The Morgan fingerprint density at radius 1 is 1.15 bits per heavy atom. The molecule has 5 nitrogen and oxygen atoms in total. The van der Waals surface area contributed by atoms with Gasteiger partial charge in [0.1, 0.15) is 0 Å². The van der Waals surface area contributed by atoms with E-state index in [0.717, 1.165) is 35.8 Å². The van der Waals surface area contributed by atoms with E-state index in [1.54, 1.807) is 19.0 Å². The number of aliphatic imine (C=N–C) groups is 1. The lowest BCUT2D eigenvalue weighted by Crippen LogP contribution is -2.38. The van der Waals surface area contributed by atoms with Crippen LogP contribution in [0.4, 0.5) is 0 Å². The van der Waals surface area contributed by atoms with E-state index in [-0.39, 0.29) is 5.91 Å². The Morgan fingerprint density at radius 2 is 1.92 bits per heavy atom. The molecule has 1 aromatic rings. The van der Waals surface area contributed by atoms with Crippen LogP contribution in [-0.2, 0) is 6.54 Å². The molecule has 2 N–H and O–H groups in total. The number of hydrogen-bond acceptors (Lipinski definition) is 2. The molecule has 3 atom stereocenters. The van der Waals surface area contributed by atoms with E-state index in [2.05, 4.69) is 15.6 Å². The zero-order valence-electron chi connectivity index (χ0n) is 16.3. The fraction of sp³-hybridized carbons (Fsp3) is 0.619. The second-order valence-electron chi connectivity index (χ2n) is 7.97. The fourth-order valence-corrected chi connectivity index (χ4v) is 4.54. The van der Waals surface area contributed by atoms with Gasteiger partial charge in [-0.15, -0.1) is 0 Å². The van der Waals surface area contributed by atoms with E-state index in [0.29, 0.717) is 12.1 Å². The Hall–Kier alpha value is -2.04. The average Bonchev–Trinajstić information content (AvgIpc) is 3.27. The SMILES string of the molecule is CN=C(NCCC1CC2CCC1C2)NCc1ccc(C(=O)N(C)C)cc1. The highest BCUT2D eigenvalue weighted by molar-refractivity contribution is 5.93. The summed E-state index contributed by atoms with van der Waals surface area (Å²) in [6.45, 7) is 1.69. The summed E-state index contributed by atoms with van der Waals surface area (Å²) >= 11 is 0. The maximum absolute atomic E-state index is 11.9. The van der Waals surface area contributed by atoms with Crippen molar-refractivity contribution < 1.29 is 4.79 Å². The first-order chi connectivity index (χ1) is 12.6. The molecule has 0 spiro atoms. The van der Waals surface area contributed by atoms with Crippen molar-refractivity contribution in [3.63, 3.8) is 0 Å². The molecular formula is C21H32N4O. The number of hydrogen-bond donors (Lipinski definition) is 2. The normalized spacial score (nSPS) is 24.6. The fourth-order valence-electron chi connectivity index (χ4n) is 4.54. The molecule has 2 saturated carbocycles. The highest BCUT2D eigenvalue weighted by atomic mass is 16.2. The molecule has 3 unspecified atom stereocenters. The first-order valence-electron chi connectivity index (χ1n) is 9.82. The molecule has 1 aromatic carbocycles. The number of amides is 1. The van der Waals surface area contributed by atoms with Crippen molar-refractivity contribution in [2.24, 2.45) is 22.7 Å². The smallest absolute Gasteiger partial charge is 0.253 e. The van der Waals surface area contributed by atoms with Crippen LogP contribution in [0.3, 0.4) is 0 Å². The molecule has 2 aliphatic rings. The number of carbonyl (C=O) groups excluding carboxylic acids is 1. The molecule has 5 heteroatoms. The van der Waals surface area contributed by atoms with Crippen LogP contribution in [-0.4, -0.2) is 44.5 Å². The van der Waals surface area contributed by atoms with Gasteiger partial charge in [0, 0.05) is 39.8 Å². The van der Waals surface area contributed by atoms with Gasteiger partial charge < -0.3 is 15.5 Å². The van der Waals surface area contributed by atoms with Crippen LogP contribution in [0.5, 0.6) is 0 Å². The number of carbonyl (C=O) groups is 1. The lowest BCUT2D eigenvalue weighted by Gasteiger charge is -2.22. The zero-order valence-corrected chi connectivity index (χ0v) is 16.3. The van der Waals surface area contributed by atoms with Crippen molar-refractivity contribution in [1.29, 1.82) is 0 Å². The Labute approximate surface area is 157 Å². The Balaban J connectivity index is 1.40. The molecule has 26 heavy (non-hydrogen) atoms. The lowest BCUT2D eigenvalue weighted by atomic mass is 9.86. The first-order valence-corrected chi connectivity index (χ1v) is 9.82. The summed E-state index contributed by atoms with van der Waals surface area (Å²) in [4.78, 5) is 17.8. The van der Waals surface area contributed by atoms with Crippen LogP contribution in [0.2, 0.25) is 0 Å². The predicted octanol–water partition coefficient (Wildman–Crippen LogP) is 2.88. The van der Waals surface area contributed by atoms with Crippen LogP contribution in [0.1, 0.15) is 48.0 Å². The van der Waals surface area contributed by atoms with Crippen molar-refractivity contribution in [3.8, 4) is 0 Å². The van der Waals surface area contributed by atoms with Gasteiger partial charge >= 0.3 is 0 Å². The van der Waals surface area contributed by atoms with E-state index < -0.39 is 0 Å². The predicted molar refractivity (Wildman–Crippen MR) is 106 cm³/mol. The van der Waals surface area contributed by atoms with Gasteiger partial charge in [0.05, 0.1) is 0 Å². The van der Waals surface area contributed by atoms with Crippen LogP contribution in [0.15, 0.2) is 29.3 Å². The minimum atomic E-state index is 0.0302. The number of nitrogens with one attached hydrogen (secondary N) is 2. The summed E-state index contributed by atoms with van der Waals surface area (Å²) in [6.07, 6.45) is 7.09. The van der Waals surface area contributed by atoms with Gasteiger partial charge in [0.2, 0.25) is 0 Å². The number of guanidine groups is 1. The van der Waals surface area contributed by atoms with E-state index in [1.807, 2.05) is 31.3 Å². The maximum atomic E-state index is 11.9. The molecule has 2 bridgehead atoms. The second-order valence-corrected chi connectivity index (χ2v) is 7.97. The Kier molecular flexibility index (Phi) is 6.17. The Bertz CT molecular complexity index is 638. The molecule has 0 saturated heterocycles. The number of nitrogens with zero attached hydrogens (tertiary/aromatic N) is 2. The van der Waals surface area contributed by atoms with Gasteiger partial charge in [0.15, 0.2) is 5.96 Å². The summed E-state index contributed by atoms with van der Waals surface area (Å²) in [5, 5.41) is 6.81. The lowest BCUT2D eigenvalue weighted by molar-refractivity contribution is 0.0827. The molecule has 142 valence electrons. The standard InChI is InChI=1S/C21H32N4O/c1-22-21(23-11-10-19-13-16-6-9-18(19)12-16)24-14-15-4-7-17(8-5-15)20(26)25(2)3/h4-5,7-8,16,18-19H,6,9-14H2,1-3H3,(H2,22,23,24). The molecular weight excluding hydrogens is 324 g/mol. The van der Waals surface area contributed by atoms with Gasteiger partial charge in [-0.05, 0) is 61.1 Å². The monoisotopic (exact) mass is 356 g/mol. The first kappa shape index (κ1) is 18.7. The third-order valence-electron chi connectivity index (χ3n) is 5.98. The zero-order chi connectivity index (χ0) is 18.5. The summed E-state index contributed by atoms with van der Waals surface area (Å²) in [7, 11) is 5.35. The largest absolute Gasteiger partial charge is 0.356 e. The van der Waals surface area contributed by atoms with Crippen LogP contribution < -0.4 is 10.6 Å². The summed E-state index contributed by atoms with van der Waals surface area (Å²) < 4.78 is 0. The second kappa shape index (κ2) is 8.56. The molecule has 3 rings (SSSR count). The molecule has 2 aliphatic carbocycles. The number of benzene rings is 1. The third-order valence-corrected chi connectivity index (χ3v) is 5.98. The van der Waals surface area contributed by atoms with Crippen molar-refractivity contribution in [2.45, 2.75) is 38.6 Å². The van der Waals surface area contributed by atoms with E-state index in [1.165, 1.54) is 32.1 Å². The van der Waals surface area contributed by atoms with Gasteiger partial charge in [0.25, 0.3) is 5.91 Å². The number of rotatable bonds is 6. The molecule has 0 aliphatic heterocycles. The van der Waals surface area contributed by atoms with Crippen LogP contribution >= 0.6 is 0 Å². The van der Waals surface area contributed by atoms with E-state index in [9.17, 15) is 4.79 Å². The van der Waals surface area contributed by atoms with Crippen molar-refractivity contribution in [2.75, 3.05) is 27.7 Å². The minimum Gasteiger partial charge on any atom is -0.356 e. The minimum absolute atomic E-state index is 0.0302. The van der Waals surface area contributed by atoms with E-state index >= 15 is 0 Å². The topological polar surface area (TPSA) is 56.7 Å². The van der Waals surface area contributed by atoms with Gasteiger partial charge in [-0.3, -0.25) is 9.79 Å². The quantitative estimate of drug-likeness (QED) is 0.609. The van der Waals surface area contributed by atoms with Crippen LogP contribution in [0, 0.1) is 17.8 Å². The summed E-state index contributed by atoms with van der Waals surface area (Å²) in [5.74, 6) is 3.80. The summed E-state index contributed by atoms with van der Waals surface area (Å²) in [5.41, 5.74) is 1.85. The van der Waals surface area contributed by atoms with Crippen molar-refractivity contribution in [1.82, 2.24) is 15.5 Å². The van der Waals surface area contributed by atoms with Crippen molar-refractivity contribution in [3.05, 3.63) is 35.4 Å². The molecule has 2 fully saturated rings. The third kappa shape index (κ3) is 4.57. The maximum Gasteiger partial charge on any atom is 0.253 e. The molecule has 1 amide bonds. The summed E-state index contributed by atoms with van der Waals surface area (Å²) in [6, 6.07) is 7.74. The van der Waals surface area contributed by atoms with Gasteiger partial charge in [-0.1, -0.05) is 18.6 Å². The van der Waals surface area contributed by atoms with Crippen LogP contribution in [0.25, 0.3) is 0 Å². The Morgan fingerprint density at radius 3 is 2.50 bits per heavy atom. The van der Waals surface area contributed by atoms with Crippen molar-refractivity contribution >= 4 is 11.9 Å². The molecule has 0 aromatic heterocycles. The average molecular weight is 357 g/mol. The highest BCUT2D eigenvalue weighted by Crippen LogP contribution is 2.49. The molecule has 0 heterocycles. The van der Waals surface area contributed by atoms with Gasteiger partial charge in [-0.25, -0.2) is 0 Å². The number of fused-ring (bicyclic) bond motifs is 2.